The highest BCUT2D eigenvalue weighted by Gasteiger charge is 2.38. The first-order valence-corrected chi connectivity index (χ1v) is 6.18. The molecule has 0 N–H and O–H groups in total. The number of oxazole rings is 1. The first kappa shape index (κ1) is 15.9. The third kappa shape index (κ3) is 3.38. The topological polar surface area (TPSA) is 61.6 Å². The van der Waals surface area contributed by atoms with Crippen LogP contribution >= 0.6 is 0 Å². The fourth-order valence-electron chi connectivity index (χ4n) is 1.66. The Hall–Kier alpha value is -2.51. The van der Waals surface area contributed by atoms with Crippen molar-refractivity contribution in [2.75, 3.05) is 7.11 Å². The average molecular weight is 315 g/mol. The Morgan fingerprint density at radius 2 is 2.09 bits per heavy atom. The van der Waals surface area contributed by atoms with E-state index in [-0.39, 0.29) is 17.2 Å². The molecule has 0 aliphatic rings. The van der Waals surface area contributed by atoms with Crippen LogP contribution in [0, 0.1) is 0 Å². The molecule has 1 unspecified atom stereocenters. The number of benzene rings is 1. The molecule has 0 bridgehead atoms. The number of methoxy groups -OCH3 is 1. The van der Waals surface area contributed by atoms with Crippen molar-refractivity contribution in [3.05, 3.63) is 36.2 Å². The van der Waals surface area contributed by atoms with Gasteiger partial charge in [0.2, 0.25) is 5.89 Å². The fraction of sp³-hybridized carbons (Fsp3) is 0.286. The number of ether oxygens (including phenoxy) is 2. The molecule has 1 heterocycles. The molecule has 0 aliphatic carbocycles. The third-order valence-electron chi connectivity index (χ3n) is 2.83. The largest absolute Gasteiger partial charge is 0.480 e. The van der Waals surface area contributed by atoms with Crippen molar-refractivity contribution in [3.8, 4) is 17.2 Å². The highest BCUT2D eigenvalue weighted by Crippen LogP contribution is 2.30. The van der Waals surface area contributed by atoms with Crippen LogP contribution in [0.15, 0.2) is 35.1 Å². The quantitative estimate of drug-likeness (QED) is 0.809. The van der Waals surface area contributed by atoms with Crippen molar-refractivity contribution in [2.24, 2.45) is 0 Å². The van der Waals surface area contributed by atoms with Gasteiger partial charge in [-0.2, -0.15) is 13.2 Å². The van der Waals surface area contributed by atoms with E-state index in [2.05, 4.69) is 9.72 Å². The van der Waals surface area contributed by atoms with Crippen molar-refractivity contribution in [1.82, 2.24) is 4.98 Å². The monoisotopic (exact) mass is 315 g/mol. The van der Waals surface area contributed by atoms with Gasteiger partial charge < -0.3 is 13.9 Å². The number of rotatable bonds is 4. The van der Waals surface area contributed by atoms with Gasteiger partial charge in [0, 0.05) is 5.56 Å². The number of aromatic nitrogens is 1. The maximum atomic E-state index is 12.6. The molecule has 0 fully saturated rings. The van der Waals surface area contributed by atoms with E-state index in [1.165, 1.54) is 30.7 Å². The second-order valence-corrected chi connectivity index (χ2v) is 4.34. The summed E-state index contributed by atoms with van der Waals surface area (Å²) in [7, 11) is 1.12. The van der Waals surface area contributed by atoms with Gasteiger partial charge in [-0.05, 0) is 25.1 Å². The van der Waals surface area contributed by atoms with E-state index in [1.54, 1.807) is 0 Å². The van der Waals surface area contributed by atoms with Crippen LogP contribution in [0.25, 0.3) is 11.5 Å². The molecule has 1 aromatic carbocycles. The predicted molar refractivity (Wildman–Crippen MR) is 69.4 cm³/mol. The van der Waals surface area contributed by atoms with E-state index in [0.717, 1.165) is 14.0 Å². The lowest BCUT2D eigenvalue weighted by atomic mass is 10.1. The minimum absolute atomic E-state index is 0.144. The molecular weight excluding hydrogens is 303 g/mol. The summed E-state index contributed by atoms with van der Waals surface area (Å²) in [5.74, 6) is -0.828. The van der Waals surface area contributed by atoms with E-state index in [0.29, 0.717) is 5.56 Å². The van der Waals surface area contributed by atoms with Gasteiger partial charge in [-0.3, -0.25) is 0 Å². The Morgan fingerprint density at radius 1 is 1.36 bits per heavy atom. The number of esters is 1. The van der Waals surface area contributed by atoms with E-state index in [9.17, 15) is 18.0 Å². The third-order valence-corrected chi connectivity index (χ3v) is 2.83. The molecule has 0 aliphatic heterocycles. The number of carbonyl (C=O) groups is 1. The SMILES string of the molecule is COC(=O)c1cc(-c2ncco2)ccc1OC(C)C(F)(F)F. The summed E-state index contributed by atoms with van der Waals surface area (Å²) in [6.45, 7) is 0.850. The van der Waals surface area contributed by atoms with Crippen LogP contribution in [-0.2, 0) is 4.74 Å². The summed E-state index contributed by atoms with van der Waals surface area (Å²) >= 11 is 0. The van der Waals surface area contributed by atoms with Gasteiger partial charge in [-0.1, -0.05) is 0 Å². The molecule has 118 valence electrons. The van der Waals surface area contributed by atoms with Crippen LogP contribution in [0.5, 0.6) is 5.75 Å². The Balaban J connectivity index is 2.39. The zero-order valence-electron chi connectivity index (χ0n) is 11.7. The Bertz CT molecular complexity index is 653. The second-order valence-electron chi connectivity index (χ2n) is 4.34. The molecule has 0 saturated heterocycles. The van der Waals surface area contributed by atoms with Gasteiger partial charge in [-0.15, -0.1) is 0 Å². The summed E-state index contributed by atoms with van der Waals surface area (Å²) in [5.41, 5.74) is 0.270. The molecule has 22 heavy (non-hydrogen) atoms. The molecule has 0 amide bonds. The number of halogens is 3. The number of hydrogen-bond donors (Lipinski definition) is 0. The molecular formula is C14H12F3NO4. The highest BCUT2D eigenvalue weighted by molar-refractivity contribution is 5.93. The maximum Gasteiger partial charge on any atom is 0.425 e. The van der Waals surface area contributed by atoms with Gasteiger partial charge in [0.15, 0.2) is 6.10 Å². The number of carbonyl (C=O) groups excluding carboxylic acids is 1. The van der Waals surface area contributed by atoms with E-state index < -0.39 is 18.2 Å². The fourth-order valence-corrected chi connectivity index (χ4v) is 1.66. The lowest BCUT2D eigenvalue weighted by Crippen LogP contribution is -2.31. The summed E-state index contributed by atoms with van der Waals surface area (Å²) in [6.07, 6.45) is -3.87. The highest BCUT2D eigenvalue weighted by atomic mass is 19.4. The van der Waals surface area contributed by atoms with Crippen LogP contribution < -0.4 is 4.74 Å². The zero-order valence-corrected chi connectivity index (χ0v) is 11.7. The summed E-state index contributed by atoms with van der Waals surface area (Å²) in [6, 6.07) is 3.99. The first-order valence-electron chi connectivity index (χ1n) is 6.18. The molecule has 2 aromatic rings. The summed E-state index contributed by atoms with van der Waals surface area (Å²) in [4.78, 5) is 15.7. The van der Waals surface area contributed by atoms with Crippen LogP contribution in [-0.4, -0.2) is 30.3 Å². The number of alkyl halides is 3. The van der Waals surface area contributed by atoms with Crippen LogP contribution in [0.4, 0.5) is 13.2 Å². The van der Waals surface area contributed by atoms with Gasteiger partial charge in [0.1, 0.15) is 17.6 Å². The first-order chi connectivity index (χ1) is 10.3. The van der Waals surface area contributed by atoms with Crippen LogP contribution in [0.1, 0.15) is 17.3 Å². The van der Waals surface area contributed by atoms with E-state index in [4.69, 9.17) is 9.15 Å². The molecule has 0 spiro atoms. The van der Waals surface area contributed by atoms with Crippen molar-refractivity contribution in [1.29, 1.82) is 0 Å². The van der Waals surface area contributed by atoms with Gasteiger partial charge in [0.05, 0.1) is 13.3 Å². The minimum atomic E-state index is -4.55. The lowest BCUT2D eigenvalue weighted by Gasteiger charge is -2.19. The number of nitrogens with zero attached hydrogens (tertiary/aromatic N) is 1. The molecule has 1 aromatic heterocycles. The minimum Gasteiger partial charge on any atom is -0.480 e. The van der Waals surface area contributed by atoms with E-state index in [1.807, 2.05) is 0 Å². The van der Waals surface area contributed by atoms with Crippen molar-refractivity contribution >= 4 is 5.97 Å². The smallest absolute Gasteiger partial charge is 0.425 e. The molecule has 0 radical (unpaired) electrons. The molecule has 8 heteroatoms. The van der Waals surface area contributed by atoms with Crippen molar-refractivity contribution in [2.45, 2.75) is 19.2 Å². The Labute approximate surface area is 123 Å². The molecule has 5 nitrogen and oxygen atoms in total. The maximum absolute atomic E-state index is 12.6. The standard InChI is InChI=1S/C14H12F3NO4/c1-8(14(15,16)17)22-11-4-3-9(12-18-5-6-21-12)7-10(11)13(19)20-2/h3-8H,1-2H3. The van der Waals surface area contributed by atoms with Gasteiger partial charge in [-0.25, -0.2) is 9.78 Å². The van der Waals surface area contributed by atoms with Crippen molar-refractivity contribution < 1.29 is 31.9 Å². The van der Waals surface area contributed by atoms with Gasteiger partial charge >= 0.3 is 12.1 Å². The van der Waals surface area contributed by atoms with Crippen LogP contribution in [0.3, 0.4) is 0 Å². The molecule has 1 atom stereocenters. The Kier molecular flexibility index (Phi) is 4.39. The summed E-state index contributed by atoms with van der Waals surface area (Å²) in [5, 5.41) is 0. The average Bonchev–Trinajstić information content (AvgIpc) is 3.00. The predicted octanol–water partition coefficient (Wildman–Crippen LogP) is 3.46. The lowest BCUT2D eigenvalue weighted by molar-refractivity contribution is -0.189. The summed E-state index contributed by atoms with van der Waals surface area (Å²) < 4.78 is 52.2. The van der Waals surface area contributed by atoms with Gasteiger partial charge in [0.25, 0.3) is 0 Å². The molecule has 0 saturated carbocycles. The normalized spacial score (nSPS) is 12.8. The van der Waals surface area contributed by atoms with Crippen LogP contribution in [0.2, 0.25) is 0 Å². The Morgan fingerprint density at radius 3 is 2.64 bits per heavy atom. The number of hydrogen-bond acceptors (Lipinski definition) is 5. The van der Waals surface area contributed by atoms with E-state index >= 15 is 0 Å². The zero-order chi connectivity index (χ0) is 16.3. The van der Waals surface area contributed by atoms with Crippen molar-refractivity contribution in [3.63, 3.8) is 0 Å². The molecule has 2 rings (SSSR count). The second kappa shape index (κ2) is 6.08.